The second-order valence-corrected chi connectivity index (χ2v) is 5.35. The van der Waals surface area contributed by atoms with Crippen LogP contribution in [-0.4, -0.2) is 4.99 Å². The quantitative estimate of drug-likeness (QED) is 0.835. The highest BCUT2D eigenvalue weighted by Gasteiger charge is 2.07. The molecule has 0 aromatic heterocycles. The highest BCUT2D eigenvalue weighted by atomic mass is 79.9. The lowest BCUT2D eigenvalue weighted by atomic mass is 10.1. The van der Waals surface area contributed by atoms with Gasteiger partial charge in [-0.2, -0.15) is 0 Å². The second-order valence-electron chi connectivity index (χ2n) is 3.99. The molecule has 0 unspecified atom stereocenters. The second kappa shape index (κ2) is 5.50. The van der Waals surface area contributed by atoms with E-state index in [1.807, 2.05) is 36.4 Å². The maximum atomic E-state index is 5.75. The van der Waals surface area contributed by atoms with Gasteiger partial charge < -0.3 is 11.1 Å². The van der Waals surface area contributed by atoms with Crippen LogP contribution >= 0.6 is 28.1 Å². The number of benzene rings is 2. The summed E-state index contributed by atoms with van der Waals surface area (Å²) < 4.78 is 0.959. The minimum Gasteiger partial charge on any atom is -0.389 e. The van der Waals surface area contributed by atoms with Gasteiger partial charge in [0.15, 0.2) is 0 Å². The molecule has 0 aliphatic carbocycles. The Morgan fingerprint density at radius 3 is 2.56 bits per heavy atom. The van der Waals surface area contributed by atoms with Crippen molar-refractivity contribution in [3.8, 4) is 0 Å². The summed E-state index contributed by atoms with van der Waals surface area (Å²) >= 11 is 8.50. The van der Waals surface area contributed by atoms with Gasteiger partial charge in [-0.05, 0) is 36.8 Å². The molecule has 0 radical (unpaired) electrons. The molecule has 92 valence electrons. The van der Waals surface area contributed by atoms with Crippen LogP contribution in [0.25, 0.3) is 0 Å². The van der Waals surface area contributed by atoms with Crippen LogP contribution in [0.2, 0.25) is 0 Å². The Morgan fingerprint density at radius 2 is 1.89 bits per heavy atom. The third-order valence-electron chi connectivity index (χ3n) is 2.66. The number of para-hydroxylation sites is 1. The first kappa shape index (κ1) is 13.1. The summed E-state index contributed by atoms with van der Waals surface area (Å²) in [5.74, 6) is 0. The fourth-order valence-corrected chi connectivity index (χ4v) is 2.22. The Balaban J connectivity index is 2.41. The number of nitrogens with two attached hydrogens (primary N) is 1. The molecule has 0 fully saturated rings. The van der Waals surface area contributed by atoms with Crippen LogP contribution in [0.3, 0.4) is 0 Å². The van der Waals surface area contributed by atoms with Crippen molar-refractivity contribution in [2.45, 2.75) is 6.92 Å². The topological polar surface area (TPSA) is 38.0 Å². The zero-order valence-corrected chi connectivity index (χ0v) is 12.3. The lowest BCUT2D eigenvalue weighted by Gasteiger charge is -2.13. The van der Waals surface area contributed by atoms with Crippen LogP contribution in [0.1, 0.15) is 11.1 Å². The molecule has 4 heteroatoms. The summed E-state index contributed by atoms with van der Waals surface area (Å²) in [5, 5.41) is 3.36. The molecule has 0 amide bonds. The summed E-state index contributed by atoms with van der Waals surface area (Å²) in [6, 6.07) is 13.9. The molecule has 0 heterocycles. The van der Waals surface area contributed by atoms with E-state index in [-0.39, 0.29) is 0 Å². The Labute approximate surface area is 120 Å². The number of nitrogens with one attached hydrogen (secondary N) is 1. The van der Waals surface area contributed by atoms with Crippen LogP contribution in [-0.2, 0) is 0 Å². The van der Waals surface area contributed by atoms with Gasteiger partial charge in [0.05, 0.1) is 0 Å². The zero-order chi connectivity index (χ0) is 13.1. The summed E-state index contributed by atoms with van der Waals surface area (Å²) in [7, 11) is 0. The normalized spacial score (nSPS) is 10.1. The van der Waals surface area contributed by atoms with Gasteiger partial charge in [-0.3, -0.25) is 0 Å². The Morgan fingerprint density at radius 1 is 1.17 bits per heavy atom. The zero-order valence-electron chi connectivity index (χ0n) is 9.91. The van der Waals surface area contributed by atoms with Gasteiger partial charge in [0, 0.05) is 21.4 Å². The molecular weight excluding hydrogens is 308 g/mol. The maximum absolute atomic E-state index is 5.75. The standard InChI is InChI=1S/C14H13BrN2S/c1-9-4-2-3-5-12(9)17-13-7-6-10(15)8-11(13)14(16)18/h2-8,17H,1H3,(H2,16,18). The van der Waals surface area contributed by atoms with E-state index in [0.29, 0.717) is 4.99 Å². The van der Waals surface area contributed by atoms with Crippen LogP contribution in [0.5, 0.6) is 0 Å². The highest BCUT2D eigenvalue weighted by molar-refractivity contribution is 9.10. The summed E-state index contributed by atoms with van der Waals surface area (Å²) in [5.41, 5.74) is 9.73. The lowest BCUT2D eigenvalue weighted by Crippen LogP contribution is -2.12. The SMILES string of the molecule is Cc1ccccc1Nc1ccc(Br)cc1C(N)=S. The maximum Gasteiger partial charge on any atom is 0.106 e. The van der Waals surface area contributed by atoms with Crippen molar-refractivity contribution in [2.24, 2.45) is 5.73 Å². The molecular formula is C14H13BrN2S. The fourth-order valence-electron chi connectivity index (χ4n) is 1.69. The van der Waals surface area contributed by atoms with Crippen molar-refractivity contribution in [3.05, 3.63) is 58.1 Å². The molecule has 0 saturated carbocycles. The van der Waals surface area contributed by atoms with Crippen molar-refractivity contribution in [3.63, 3.8) is 0 Å². The van der Waals surface area contributed by atoms with Gasteiger partial charge in [-0.15, -0.1) is 0 Å². The van der Waals surface area contributed by atoms with Gasteiger partial charge in [-0.25, -0.2) is 0 Å². The average molecular weight is 321 g/mol. The van der Waals surface area contributed by atoms with E-state index in [1.54, 1.807) is 0 Å². The van der Waals surface area contributed by atoms with Crippen molar-refractivity contribution in [1.82, 2.24) is 0 Å². The number of hydrogen-bond acceptors (Lipinski definition) is 2. The number of aryl methyl sites for hydroxylation is 1. The van der Waals surface area contributed by atoms with Gasteiger partial charge in [0.2, 0.25) is 0 Å². The van der Waals surface area contributed by atoms with E-state index in [9.17, 15) is 0 Å². The van der Waals surface area contributed by atoms with Gasteiger partial charge in [0.25, 0.3) is 0 Å². The first-order chi connectivity index (χ1) is 8.58. The molecule has 0 bridgehead atoms. The van der Waals surface area contributed by atoms with E-state index in [4.69, 9.17) is 18.0 Å². The van der Waals surface area contributed by atoms with Crippen LogP contribution < -0.4 is 11.1 Å². The van der Waals surface area contributed by atoms with E-state index >= 15 is 0 Å². The van der Waals surface area contributed by atoms with E-state index in [0.717, 1.165) is 21.4 Å². The molecule has 3 N–H and O–H groups in total. The number of halogens is 1. The molecule has 2 aromatic carbocycles. The summed E-state index contributed by atoms with van der Waals surface area (Å²) in [4.78, 5) is 0.382. The number of anilines is 2. The van der Waals surface area contributed by atoms with E-state index in [2.05, 4.69) is 34.2 Å². The summed E-state index contributed by atoms with van der Waals surface area (Å²) in [6.07, 6.45) is 0. The monoisotopic (exact) mass is 320 g/mol. The number of thiocarbonyl (C=S) groups is 1. The first-order valence-corrected chi connectivity index (χ1v) is 6.70. The average Bonchev–Trinajstić information content (AvgIpc) is 2.34. The Kier molecular flexibility index (Phi) is 3.99. The number of rotatable bonds is 3. The van der Waals surface area contributed by atoms with E-state index in [1.165, 1.54) is 5.56 Å². The molecule has 18 heavy (non-hydrogen) atoms. The van der Waals surface area contributed by atoms with Crippen molar-refractivity contribution in [2.75, 3.05) is 5.32 Å². The number of hydrogen-bond donors (Lipinski definition) is 2. The predicted octanol–water partition coefficient (Wildman–Crippen LogP) is 4.14. The lowest BCUT2D eigenvalue weighted by molar-refractivity contribution is 1.42. The van der Waals surface area contributed by atoms with Crippen molar-refractivity contribution < 1.29 is 0 Å². The van der Waals surface area contributed by atoms with Crippen molar-refractivity contribution >= 4 is 44.5 Å². The first-order valence-electron chi connectivity index (χ1n) is 5.50. The molecule has 0 saturated heterocycles. The Hall–Kier alpha value is -1.39. The predicted molar refractivity (Wildman–Crippen MR) is 84.5 cm³/mol. The van der Waals surface area contributed by atoms with E-state index < -0.39 is 0 Å². The molecule has 0 aliphatic heterocycles. The fraction of sp³-hybridized carbons (Fsp3) is 0.0714. The van der Waals surface area contributed by atoms with Gasteiger partial charge in [-0.1, -0.05) is 46.3 Å². The molecule has 2 aromatic rings. The minimum atomic E-state index is 0.382. The van der Waals surface area contributed by atoms with Gasteiger partial charge >= 0.3 is 0 Å². The van der Waals surface area contributed by atoms with Crippen LogP contribution in [0.15, 0.2) is 46.9 Å². The largest absolute Gasteiger partial charge is 0.389 e. The minimum absolute atomic E-state index is 0.382. The van der Waals surface area contributed by atoms with Crippen molar-refractivity contribution in [1.29, 1.82) is 0 Å². The molecule has 0 spiro atoms. The molecule has 0 atom stereocenters. The smallest absolute Gasteiger partial charge is 0.106 e. The van der Waals surface area contributed by atoms with Crippen LogP contribution in [0.4, 0.5) is 11.4 Å². The third kappa shape index (κ3) is 2.89. The van der Waals surface area contributed by atoms with Crippen LogP contribution in [0, 0.1) is 6.92 Å². The third-order valence-corrected chi connectivity index (χ3v) is 3.37. The summed E-state index contributed by atoms with van der Waals surface area (Å²) in [6.45, 7) is 2.06. The molecule has 2 nitrogen and oxygen atoms in total. The Bertz CT molecular complexity index is 596. The molecule has 0 aliphatic rings. The molecule has 2 rings (SSSR count). The highest BCUT2D eigenvalue weighted by Crippen LogP contribution is 2.26. The van der Waals surface area contributed by atoms with Gasteiger partial charge in [0.1, 0.15) is 4.99 Å².